The SMILES string of the molecule is Fc1cccc(Cn2ccc(NC(=S)Nc3cnn(Cc4ccc(Cl)cc4Cl)c3)n2)c1. The molecule has 0 saturated carbocycles. The minimum Gasteiger partial charge on any atom is -0.330 e. The van der Waals surface area contributed by atoms with Crippen LogP contribution in [-0.4, -0.2) is 24.7 Å². The number of thiocarbonyl (C=S) groups is 1. The average Bonchev–Trinajstić information content (AvgIpc) is 3.33. The van der Waals surface area contributed by atoms with Gasteiger partial charge in [0.25, 0.3) is 0 Å². The van der Waals surface area contributed by atoms with E-state index in [1.165, 1.54) is 12.1 Å². The third-order valence-electron chi connectivity index (χ3n) is 4.35. The second kappa shape index (κ2) is 9.47. The number of rotatable bonds is 6. The van der Waals surface area contributed by atoms with Gasteiger partial charge in [0.2, 0.25) is 0 Å². The van der Waals surface area contributed by atoms with Crippen LogP contribution < -0.4 is 10.6 Å². The second-order valence-electron chi connectivity index (χ2n) is 6.77. The number of hydrogen-bond acceptors (Lipinski definition) is 3. The van der Waals surface area contributed by atoms with Gasteiger partial charge < -0.3 is 10.6 Å². The summed E-state index contributed by atoms with van der Waals surface area (Å²) in [6.45, 7) is 0.960. The summed E-state index contributed by atoms with van der Waals surface area (Å²) in [7, 11) is 0. The fourth-order valence-corrected chi connectivity index (χ4v) is 3.65. The van der Waals surface area contributed by atoms with Crippen molar-refractivity contribution in [2.45, 2.75) is 13.1 Å². The van der Waals surface area contributed by atoms with E-state index in [4.69, 9.17) is 35.4 Å². The van der Waals surface area contributed by atoms with Crippen molar-refractivity contribution in [3.05, 3.63) is 94.1 Å². The Kier molecular flexibility index (Phi) is 6.50. The number of benzene rings is 2. The minimum atomic E-state index is -0.271. The van der Waals surface area contributed by atoms with Crippen molar-refractivity contribution in [1.82, 2.24) is 19.6 Å². The van der Waals surface area contributed by atoms with E-state index < -0.39 is 0 Å². The fourth-order valence-electron chi connectivity index (χ4n) is 2.96. The summed E-state index contributed by atoms with van der Waals surface area (Å²) < 4.78 is 16.8. The standard InChI is InChI=1S/C21H17Cl2FN6S/c22-16-5-4-15(19(23)9-16)12-30-13-18(10-25-30)26-21(31)27-20-6-7-29(28-20)11-14-2-1-3-17(24)8-14/h1-10,13H,11-12H2,(H2,26,27,28,31). The molecule has 4 rings (SSSR count). The van der Waals surface area contributed by atoms with E-state index in [0.29, 0.717) is 34.1 Å². The lowest BCUT2D eigenvalue weighted by molar-refractivity contribution is 0.619. The molecule has 2 N–H and O–H groups in total. The summed E-state index contributed by atoms with van der Waals surface area (Å²) in [5, 5.41) is 16.4. The van der Waals surface area contributed by atoms with Crippen LogP contribution in [0.25, 0.3) is 0 Å². The number of halogens is 3. The molecule has 4 aromatic rings. The van der Waals surface area contributed by atoms with E-state index in [0.717, 1.165) is 16.8 Å². The second-order valence-corrected chi connectivity index (χ2v) is 8.02. The monoisotopic (exact) mass is 474 g/mol. The van der Waals surface area contributed by atoms with Gasteiger partial charge in [0.05, 0.1) is 25.0 Å². The highest BCUT2D eigenvalue weighted by molar-refractivity contribution is 7.80. The number of aromatic nitrogens is 4. The molecule has 0 bridgehead atoms. The Balaban J connectivity index is 1.33. The molecular weight excluding hydrogens is 458 g/mol. The smallest absolute Gasteiger partial charge is 0.176 e. The van der Waals surface area contributed by atoms with Crippen molar-refractivity contribution in [3.63, 3.8) is 0 Å². The summed E-state index contributed by atoms with van der Waals surface area (Å²) in [5.41, 5.74) is 2.45. The predicted octanol–water partition coefficient (Wildman–Crippen LogP) is 5.43. The number of anilines is 2. The molecular formula is C21H17Cl2FN6S. The highest BCUT2D eigenvalue weighted by Gasteiger charge is 2.07. The molecule has 0 aliphatic rings. The highest BCUT2D eigenvalue weighted by Crippen LogP contribution is 2.22. The lowest BCUT2D eigenvalue weighted by Crippen LogP contribution is -2.19. The van der Waals surface area contributed by atoms with Gasteiger partial charge >= 0.3 is 0 Å². The van der Waals surface area contributed by atoms with Crippen LogP contribution in [0.3, 0.4) is 0 Å². The van der Waals surface area contributed by atoms with Gasteiger partial charge in [-0.25, -0.2) is 4.39 Å². The molecule has 2 aromatic heterocycles. The van der Waals surface area contributed by atoms with Crippen LogP contribution in [0, 0.1) is 5.82 Å². The number of nitrogens with one attached hydrogen (secondary N) is 2. The molecule has 6 nitrogen and oxygen atoms in total. The van der Waals surface area contributed by atoms with Crippen molar-refractivity contribution in [2.75, 3.05) is 10.6 Å². The molecule has 10 heteroatoms. The molecule has 2 heterocycles. The van der Waals surface area contributed by atoms with Crippen LogP contribution in [0.4, 0.5) is 15.9 Å². The van der Waals surface area contributed by atoms with Gasteiger partial charge in [-0.15, -0.1) is 0 Å². The van der Waals surface area contributed by atoms with E-state index in [1.54, 1.807) is 46.0 Å². The van der Waals surface area contributed by atoms with E-state index in [-0.39, 0.29) is 5.82 Å². The minimum absolute atomic E-state index is 0.271. The van der Waals surface area contributed by atoms with Crippen molar-refractivity contribution >= 4 is 52.0 Å². The summed E-state index contributed by atoms with van der Waals surface area (Å²) in [5.74, 6) is 0.307. The number of nitrogens with zero attached hydrogens (tertiary/aromatic N) is 4. The highest BCUT2D eigenvalue weighted by atomic mass is 35.5. The maximum absolute atomic E-state index is 13.3. The Labute approximate surface area is 193 Å². The first-order valence-electron chi connectivity index (χ1n) is 9.27. The van der Waals surface area contributed by atoms with Crippen molar-refractivity contribution in [3.8, 4) is 0 Å². The molecule has 0 unspecified atom stereocenters. The predicted molar refractivity (Wildman–Crippen MR) is 125 cm³/mol. The molecule has 0 aliphatic carbocycles. The van der Waals surface area contributed by atoms with Gasteiger partial charge in [-0.3, -0.25) is 9.36 Å². The summed E-state index contributed by atoms with van der Waals surface area (Å²) in [6, 6.07) is 13.6. The lowest BCUT2D eigenvalue weighted by atomic mass is 10.2. The summed E-state index contributed by atoms with van der Waals surface area (Å²) >= 11 is 17.5. The maximum Gasteiger partial charge on any atom is 0.176 e. The van der Waals surface area contributed by atoms with Crippen molar-refractivity contribution < 1.29 is 4.39 Å². The third-order valence-corrected chi connectivity index (χ3v) is 5.15. The zero-order valence-corrected chi connectivity index (χ0v) is 18.4. The van der Waals surface area contributed by atoms with E-state index in [2.05, 4.69) is 20.8 Å². The lowest BCUT2D eigenvalue weighted by Gasteiger charge is -2.07. The van der Waals surface area contributed by atoms with E-state index in [1.807, 2.05) is 18.3 Å². The van der Waals surface area contributed by atoms with E-state index >= 15 is 0 Å². The molecule has 0 spiro atoms. The Morgan fingerprint density at radius 1 is 1.03 bits per heavy atom. The Morgan fingerprint density at radius 2 is 1.90 bits per heavy atom. The van der Waals surface area contributed by atoms with Gasteiger partial charge in [0.1, 0.15) is 5.82 Å². The van der Waals surface area contributed by atoms with Crippen LogP contribution in [-0.2, 0) is 13.1 Å². The van der Waals surface area contributed by atoms with Crippen LogP contribution >= 0.6 is 35.4 Å². The summed E-state index contributed by atoms with van der Waals surface area (Å²) in [6.07, 6.45) is 5.28. The first-order chi connectivity index (χ1) is 14.9. The summed E-state index contributed by atoms with van der Waals surface area (Å²) in [4.78, 5) is 0. The van der Waals surface area contributed by atoms with Crippen LogP contribution in [0.15, 0.2) is 67.1 Å². The van der Waals surface area contributed by atoms with Crippen LogP contribution in [0.2, 0.25) is 10.0 Å². The molecule has 2 aromatic carbocycles. The molecule has 0 atom stereocenters. The van der Waals surface area contributed by atoms with Gasteiger partial charge in [-0.1, -0.05) is 41.4 Å². The Bertz CT molecular complexity index is 1220. The van der Waals surface area contributed by atoms with Crippen molar-refractivity contribution in [2.24, 2.45) is 0 Å². The average molecular weight is 475 g/mol. The fraction of sp³-hybridized carbons (Fsp3) is 0.0952. The zero-order valence-electron chi connectivity index (χ0n) is 16.1. The van der Waals surface area contributed by atoms with Gasteiger partial charge in [-0.2, -0.15) is 10.2 Å². The quantitative estimate of drug-likeness (QED) is 0.364. The molecule has 0 fully saturated rings. The van der Waals surface area contributed by atoms with Crippen molar-refractivity contribution in [1.29, 1.82) is 0 Å². The third kappa shape index (κ3) is 5.81. The van der Waals surface area contributed by atoms with Gasteiger partial charge in [0.15, 0.2) is 10.9 Å². The maximum atomic E-state index is 13.3. The molecule has 158 valence electrons. The first-order valence-corrected chi connectivity index (χ1v) is 10.4. The van der Waals surface area contributed by atoms with Gasteiger partial charge in [0, 0.05) is 28.5 Å². The molecule has 0 saturated heterocycles. The topological polar surface area (TPSA) is 59.7 Å². The van der Waals surface area contributed by atoms with E-state index in [9.17, 15) is 4.39 Å². The normalized spacial score (nSPS) is 10.8. The van der Waals surface area contributed by atoms with Crippen LogP contribution in [0.1, 0.15) is 11.1 Å². The molecule has 0 amide bonds. The molecule has 31 heavy (non-hydrogen) atoms. The largest absolute Gasteiger partial charge is 0.330 e. The first kappa shape index (κ1) is 21.3. The Hall–Kier alpha value is -2.94. The zero-order chi connectivity index (χ0) is 21.8. The molecule has 0 aliphatic heterocycles. The van der Waals surface area contributed by atoms with Crippen LogP contribution in [0.5, 0.6) is 0 Å². The van der Waals surface area contributed by atoms with Gasteiger partial charge in [-0.05, 0) is 47.6 Å². The molecule has 0 radical (unpaired) electrons. The Morgan fingerprint density at radius 3 is 2.71 bits per heavy atom. The number of hydrogen-bond donors (Lipinski definition) is 2.